The number of carboxylic acid groups (broad SMARTS) is 1. The van der Waals surface area contributed by atoms with Crippen LogP contribution in [0.15, 0.2) is 24.3 Å². The van der Waals surface area contributed by atoms with Crippen molar-refractivity contribution in [2.45, 2.75) is 45.6 Å². The van der Waals surface area contributed by atoms with Crippen LogP contribution in [0.3, 0.4) is 0 Å². The number of benzene rings is 1. The fraction of sp³-hybridized carbons (Fsp3) is 0.588. The van der Waals surface area contributed by atoms with Crippen molar-refractivity contribution in [3.8, 4) is 0 Å². The lowest BCUT2D eigenvalue weighted by Gasteiger charge is -2.30. The van der Waals surface area contributed by atoms with E-state index >= 15 is 0 Å². The van der Waals surface area contributed by atoms with Crippen molar-refractivity contribution in [2.24, 2.45) is 5.41 Å². The minimum absolute atomic E-state index is 0.170. The van der Waals surface area contributed by atoms with E-state index in [2.05, 4.69) is 11.8 Å². The second-order valence-corrected chi connectivity index (χ2v) is 6.03. The number of likely N-dealkylation sites (tertiary alicyclic amines) is 1. The Morgan fingerprint density at radius 1 is 1.38 bits per heavy atom. The third kappa shape index (κ3) is 3.26. The molecule has 1 aromatic rings. The molecule has 1 fully saturated rings. The first-order chi connectivity index (χ1) is 10.0. The van der Waals surface area contributed by atoms with Gasteiger partial charge in [-0.2, -0.15) is 0 Å². The molecule has 21 heavy (non-hydrogen) atoms. The smallest absolute Gasteiger partial charge is 0.310 e. The molecule has 1 aliphatic heterocycles. The highest BCUT2D eigenvalue weighted by Crippen LogP contribution is 2.40. The highest BCUT2D eigenvalue weighted by atomic mass is 19.1. The van der Waals surface area contributed by atoms with E-state index in [0.717, 1.165) is 31.4 Å². The Morgan fingerprint density at radius 3 is 2.57 bits per heavy atom. The molecule has 0 aromatic heterocycles. The number of carboxylic acids is 1. The van der Waals surface area contributed by atoms with Gasteiger partial charge in [-0.05, 0) is 43.5 Å². The van der Waals surface area contributed by atoms with Crippen molar-refractivity contribution in [3.05, 3.63) is 35.6 Å². The highest BCUT2D eigenvalue weighted by molar-refractivity contribution is 5.75. The summed E-state index contributed by atoms with van der Waals surface area (Å²) in [6.07, 6.45) is 3.20. The summed E-state index contributed by atoms with van der Waals surface area (Å²) in [5.41, 5.74) is 0.457. The van der Waals surface area contributed by atoms with Gasteiger partial charge >= 0.3 is 5.97 Å². The first kappa shape index (κ1) is 16.0. The fourth-order valence-corrected chi connectivity index (χ4v) is 3.52. The minimum Gasteiger partial charge on any atom is -0.481 e. The second kappa shape index (κ2) is 6.56. The largest absolute Gasteiger partial charge is 0.481 e. The van der Waals surface area contributed by atoms with Crippen LogP contribution < -0.4 is 0 Å². The molecule has 2 unspecified atom stereocenters. The van der Waals surface area contributed by atoms with Gasteiger partial charge in [-0.1, -0.05) is 32.4 Å². The number of rotatable bonds is 6. The SMILES string of the molecule is CCCC1(C(=O)O)CCN(C(CC)c2ccc(F)cc2)C1. The normalized spacial score (nSPS) is 24.1. The van der Waals surface area contributed by atoms with E-state index in [0.29, 0.717) is 13.0 Å². The predicted octanol–water partition coefficient (Wildman–Crippen LogP) is 3.85. The van der Waals surface area contributed by atoms with E-state index in [4.69, 9.17) is 0 Å². The summed E-state index contributed by atoms with van der Waals surface area (Å²) in [7, 11) is 0. The van der Waals surface area contributed by atoms with Crippen molar-refractivity contribution < 1.29 is 14.3 Å². The van der Waals surface area contributed by atoms with E-state index in [1.54, 1.807) is 0 Å². The standard InChI is InChI=1S/C17H24FNO2/c1-3-9-17(16(20)21)10-11-19(12-17)15(4-2)13-5-7-14(18)8-6-13/h5-8,15H,3-4,9-12H2,1-2H3,(H,20,21). The summed E-state index contributed by atoms with van der Waals surface area (Å²) < 4.78 is 13.1. The van der Waals surface area contributed by atoms with Crippen LogP contribution in [0.4, 0.5) is 4.39 Å². The zero-order valence-corrected chi connectivity index (χ0v) is 12.8. The second-order valence-electron chi connectivity index (χ2n) is 6.03. The van der Waals surface area contributed by atoms with Crippen molar-refractivity contribution >= 4 is 5.97 Å². The molecule has 1 saturated heterocycles. The lowest BCUT2D eigenvalue weighted by molar-refractivity contribution is -0.148. The molecular formula is C17H24FNO2. The molecule has 0 amide bonds. The molecule has 0 aliphatic carbocycles. The highest BCUT2D eigenvalue weighted by Gasteiger charge is 2.45. The van der Waals surface area contributed by atoms with Gasteiger partial charge in [-0.15, -0.1) is 0 Å². The summed E-state index contributed by atoms with van der Waals surface area (Å²) in [5.74, 6) is -0.915. The quantitative estimate of drug-likeness (QED) is 0.866. The van der Waals surface area contributed by atoms with Crippen LogP contribution >= 0.6 is 0 Å². The van der Waals surface area contributed by atoms with Gasteiger partial charge in [0.15, 0.2) is 0 Å². The van der Waals surface area contributed by atoms with E-state index < -0.39 is 11.4 Å². The molecule has 2 rings (SSSR count). The zero-order valence-electron chi connectivity index (χ0n) is 12.8. The van der Waals surface area contributed by atoms with E-state index in [1.165, 1.54) is 12.1 Å². The minimum atomic E-state index is -0.680. The lowest BCUT2D eigenvalue weighted by atomic mass is 9.82. The first-order valence-corrected chi connectivity index (χ1v) is 7.75. The van der Waals surface area contributed by atoms with Crippen molar-refractivity contribution in [3.63, 3.8) is 0 Å². The Hall–Kier alpha value is -1.42. The number of carbonyl (C=O) groups is 1. The third-order valence-corrected chi connectivity index (χ3v) is 4.65. The van der Waals surface area contributed by atoms with Crippen LogP contribution in [-0.4, -0.2) is 29.1 Å². The molecule has 2 atom stereocenters. The summed E-state index contributed by atoms with van der Waals surface area (Å²) >= 11 is 0. The zero-order chi connectivity index (χ0) is 15.5. The maximum absolute atomic E-state index is 13.1. The van der Waals surface area contributed by atoms with Crippen molar-refractivity contribution in [2.75, 3.05) is 13.1 Å². The van der Waals surface area contributed by atoms with Gasteiger partial charge in [0.1, 0.15) is 5.82 Å². The first-order valence-electron chi connectivity index (χ1n) is 7.75. The Balaban J connectivity index is 2.17. The number of hydrogen-bond acceptors (Lipinski definition) is 2. The molecule has 1 N–H and O–H groups in total. The van der Waals surface area contributed by atoms with Crippen LogP contribution in [-0.2, 0) is 4.79 Å². The van der Waals surface area contributed by atoms with Crippen LogP contribution in [0.5, 0.6) is 0 Å². The molecule has 3 nitrogen and oxygen atoms in total. The van der Waals surface area contributed by atoms with Crippen LogP contribution in [0.2, 0.25) is 0 Å². The van der Waals surface area contributed by atoms with E-state index in [-0.39, 0.29) is 11.9 Å². The molecule has 0 spiro atoms. The molecule has 1 aliphatic rings. The number of nitrogens with zero attached hydrogens (tertiary/aromatic N) is 1. The average Bonchev–Trinajstić information content (AvgIpc) is 2.88. The predicted molar refractivity (Wildman–Crippen MR) is 80.6 cm³/mol. The Labute approximate surface area is 125 Å². The molecule has 0 saturated carbocycles. The van der Waals surface area contributed by atoms with Gasteiger partial charge in [0, 0.05) is 12.6 Å². The summed E-state index contributed by atoms with van der Waals surface area (Å²) in [4.78, 5) is 13.9. The van der Waals surface area contributed by atoms with Crippen LogP contribution in [0.1, 0.15) is 51.1 Å². The van der Waals surface area contributed by atoms with Crippen molar-refractivity contribution in [1.29, 1.82) is 0 Å². The van der Waals surface area contributed by atoms with Crippen LogP contribution in [0.25, 0.3) is 0 Å². The average molecular weight is 293 g/mol. The summed E-state index contributed by atoms with van der Waals surface area (Å²) in [6.45, 7) is 5.51. The Kier molecular flexibility index (Phi) is 4.99. The van der Waals surface area contributed by atoms with E-state index in [1.807, 2.05) is 19.1 Å². The lowest BCUT2D eigenvalue weighted by Crippen LogP contribution is -2.35. The van der Waals surface area contributed by atoms with E-state index in [9.17, 15) is 14.3 Å². The molecule has 1 heterocycles. The molecule has 4 heteroatoms. The third-order valence-electron chi connectivity index (χ3n) is 4.65. The van der Waals surface area contributed by atoms with Gasteiger partial charge in [0.25, 0.3) is 0 Å². The maximum atomic E-state index is 13.1. The number of aliphatic carboxylic acids is 1. The molecule has 0 radical (unpaired) electrons. The van der Waals surface area contributed by atoms with Crippen LogP contribution in [0, 0.1) is 11.2 Å². The topological polar surface area (TPSA) is 40.5 Å². The Bertz CT molecular complexity index is 488. The number of hydrogen-bond donors (Lipinski definition) is 1. The maximum Gasteiger partial charge on any atom is 0.310 e. The van der Waals surface area contributed by atoms with Gasteiger partial charge in [-0.25, -0.2) is 4.39 Å². The molecular weight excluding hydrogens is 269 g/mol. The fourth-order valence-electron chi connectivity index (χ4n) is 3.52. The Morgan fingerprint density at radius 2 is 2.05 bits per heavy atom. The van der Waals surface area contributed by atoms with Gasteiger partial charge in [0.05, 0.1) is 5.41 Å². The van der Waals surface area contributed by atoms with Gasteiger partial charge < -0.3 is 5.11 Å². The molecule has 1 aromatic carbocycles. The van der Waals surface area contributed by atoms with Gasteiger partial charge in [0.2, 0.25) is 0 Å². The molecule has 0 bridgehead atoms. The van der Waals surface area contributed by atoms with Crippen molar-refractivity contribution in [1.82, 2.24) is 4.90 Å². The van der Waals surface area contributed by atoms with Gasteiger partial charge in [-0.3, -0.25) is 9.69 Å². The number of halogens is 1. The summed E-state index contributed by atoms with van der Waals surface area (Å²) in [6, 6.07) is 6.74. The summed E-state index contributed by atoms with van der Waals surface area (Å²) in [5, 5.41) is 9.60. The molecule has 116 valence electrons. The monoisotopic (exact) mass is 293 g/mol.